The number of carbonyl (C=O) groups excluding carboxylic acids is 1. The summed E-state index contributed by atoms with van der Waals surface area (Å²) in [4.78, 5) is 29.6. The summed E-state index contributed by atoms with van der Waals surface area (Å²) in [6.07, 6.45) is 0. The molecule has 1 amide bonds. The zero-order valence-corrected chi connectivity index (χ0v) is 13.2. The molecule has 0 saturated heterocycles. The molecule has 0 saturated carbocycles. The Kier molecular flexibility index (Phi) is 4.45. The van der Waals surface area contributed by atoms with Crippen molar-refractivity contribution in [2.45, 2.75) is 32.7 Å². The number of benzene rings is 1. The standard InChI is InChI=1S/C17H20N2O3/c1-10(2)15-9-13(12-7-5-6-8-14(12)18-15)16(20)19(4)11(3)17(21)22/h5-11H,1-4H3,(H,21,22). The Morgan fingerprint density at radius 1 is 1.18 bits per heavy atom. The number of carboxylic acids is 1. The maximum atomic E-state index is 12.7. The fourth-order valence-electron chi connectivity index (χ4n) is 2.20. The van der Waals surface area contributed by atoms with E-state index in [0.29, 0.717) is 5.56 Å². The van der Waals surface area contributed by atoms with Crippen LogP contribution >= 0.6 is 0 Å². The zero-order valence-electron chi connectivity index (χ0n) is 13.2. The van der Waals surface area contributed by atoms with Gasteiger partial charge in [0.25, 0.3) is 5.91 Å². The highest BCUT2D eigenvalue weighted by Crippen LogP contribution is 2.23. The van der Waals surface area contributed by atoms with Crippen LogP contribution in [-0.4, -0.2) is 40.0 Å². The van der Waals surface area contributed by atoms with Crippen LogP contribution in [0.4, 0.5) is 0 Å². The van der Waals surface area contributed by atoms with Gasteiger partial charge in [0.1, 0.15) is 6.04 Å². The monoisotopic (exact) mass is 300 g/mol. The van der Waals surface area contributed by atoms with E-state index in [1.54, 1.807) is 6.07 Å². The molecule has 0 fully saturated rings. The van der Waals surface area contributed by atoms with Gasteiger partial charge in [-0.15, -0.1) is 0 Å². The Bertz CT molecular complexity index is 725. The molecule has 1 aromatic carbocycles. The predicted octanol–water partition coefficient (Wildman–Crippen LogP) is 2.90. The second-order valence-electron chi connectivity index (χ2n) is 5.70. The maximum absolute atomic E-state index is 12.7. The first-order valence-electron chi connectivity index (χ1n) is 7.22. The van der Waals surface area contributed by atoms with Crippen LogP contribution in [0.25, 0.3) is 10.9 Å². The summed E-state index contributed by atoms with van der Waals surface area (Å²) in [5, 5.41) is 9.84. The Hall–Kier alpha value is -2.43. The van der Waals surface area contributed by atoms with E-state index in [0.717, 1.165) is 16.6 Å². The molecule has 0 bridgehead atoms. The van der Waals surface area contributed by atoms with Crippen molar-refractivity contribution in [3.05, 3.63) is 41.6 Å². The molecule has 2 aromatic rings. The molecule has 0 aliphatic carbocycles. The van der Waals surface area contributed by atoms with Crippen LogP contribution in [0.2, 0.25) is 0 Å². The lowest BCUT2D eigenvalue weighted by Gasteiger charge is -2.22. The molecule has 1 unspecified atom stereocenters. The number of rotatable bonds is 4. The minimum absolute atomic E-state index is 0.179. The first-order chi connectivity index (χ1) is 10.3. The normalized spacial score (nSPS) is 12.4. The number of para-hydroxylation sites is 1. The van der Waals surface area contributed by atoms with Crippen molar-refractivity contribution in [2.24, 2.45) is 0 Å². The van der Waals surface area contributed by atoms with Gasteiger partial charge in [0, 0.05) is 18.1 Å². The van der Waals surface area contributed by atoms with Gasteiger partial charge >= 0.3 is 5.97 Å². The summed E-state index contributed by atoms with van der Waals surface area (Å²) in [5.41, 5.74) is 2.05. The number of likely N-dealkylation sites (N-methyl/N-ethyl adjacent to an activating group) is 1. The van der Waals surface area contributed by atoms with Crippen LogP contribution in [0.5, 0.6) is 0 Å². The van der Waals surface area contributed by atoms with Gasteiger partial charge in [-0.3, -0.25) is 9.78 Å². The van der Waals surface area contributed by atoms with Crippen molar-refractivity contribution in [1.82, 2.24) is 9.88 Å². The number of hydrogen-bond donors (Lipinski definition) is 1. The third-order valence-electron chi connectivity index (χ3n) is 3.82. The average Bonchev–Trinajstić information content (AvgIpc) is 2.51. The second kappa shape index (κ2) is 6.13. The Labute approximate surface area is 129 Å². The van der Waals surface area contributed by atoms with E-state index in [-0.39, 0.29) is 11.8 Å². The van der Waals surface area contributed by atoms with Crippen molar-refractivity contribution < 1.29 is 14.7 Å². The van der Waals surface area contributed by atoms with Crippen molar-refractivity contribution in [1.29, 1.82) is 0 Å². The molecule has 1 heterocycles. The molecule has 0 spiro atoms. The third-order valence-corrected chi connectivity index (χ3v) is 3.82. The van der Waals surface area contributed by atoms with Gasteiger partial charge in [-0.2, -0.15) is 0 Å². The third kappa shape index (κ3) is 2.93. The van der Waals surface area contributed by atoms with Gasteiger partial charge < -0.3 is 10.0 Å². The van der Waals surface area contributed by atoms with Crippen LogP contribution < -0.4 is 0 Å². The van der Waals surface area contributed by atoms with Gasteiger partial charge in [0.05, 0.1) is 11.1 Å². The van der Waals surface area contributed by atoms with Crippen LogP contribution in [-0.2, 0) is 4.79 Å². The molecule has 0 radical (unpaired) electrons. The molecule has 116 valence electrons. The van der Waals surface area contributed by atoms with Crippen LogP contribution in [0.1, 0.15) is 42.7 Å². The Morgan fingerprint density at radius 3 is 2.41 bits per heavy atom. The zero-order chi connectivity index (χ0) is 16.4. The summed E-state index contributed by atoms with van der Waals surface area (Å²) in [6.45, 7) is 5.51. The molecule has 0 aliphatic heterocycles. The highest BCUT2D eigenvalue weighted by Gasteiger charge is 2.24. The summed E-state index contributed by atoms with van der Waals surface area (Å²) < 4.78 is 0. The fraction of sp³-hybridized carbons (Fsp3) is 0.353. The van der Waals surface area contributed by atoms with E-state index in [4.69, 9.17) is 5.11 Å². The topological polar surface area (TPSA) is 70.5 Å². The average molecular weight is 300 g/mol. The summed E-state index contributed by atoms with van der Waals surface area (Å²) >= 11 is 0. The minimum Gasteiger partial charge on any atom is -0.480 e. The number of pyridine rings is 1. The molecular weight excluding hydrogens is 280 g/mol. The fourth-order valence-corrected chi connectivity index (χ4v) is 2.20. The van der Waals surface area contributed by atoms with Gasteiger partial charge in [-0.1, -0.05) is 32.0 Å². The molecule has 5 heteroatoms. The predicted molar refractivity (Wildman–Crippen MR) is 85.0 cm³/mol. The van der Waals surface area contributed by atoms with E-state index in [9.17, 15) is 9.59 Å². The number of aliphatic carboxylic acids is 1. The highest BCUT2D eigenvalue weighted by atomic mass is 16.4. The van der Waals surface area contributed by atoms with Crippen molar-refractivity contribution >= 4 is 22.8 Å². The first kappa shape index (κ1) is 15.9. The lowest BCUT2D eigenvalue weighted by atomic mass is 10.0. The number of nitrogens with zero attached hydrogens (tertiary/aromatic N) is 2. The molecule has 1 aromatic heterocycles. The van der Waals surface area contributed by atoms with Crippen LogP contribution in [0, 0.1) is 0 Å². The number of amides is 1. The largest absolute Gasteiger partial charge is 0.480 e. The number of hydrogen-bond acceptors (Lipinski definition) is 3. The van der Waals surface area contributed by atoms with Crippen LogP contribution in [0.15, 0.2) is 30.3 Å². The summed E-state index contributed by atoms with van der Waals surface area (Å²) in [6, 6.07) is 8.29. The van der Waals surface area contributed by atoms with Crippen molar-refractivity contribution in [3.8, 4) is 0 Å². The molecule has 5 nitrogen and oxygen atoms in total. The first-order valence-corrected chi connectivity index (χ1v) is 7.22. The van der Waals surface area contributed by atoms with E-state index >= 15 is 0 Å². The number of carbonyl (C=O) groups is 2. The summed E-state index contributed by atoms with van der Waals surface area (Å²) in [7, 11) is 1.51. The molecule has 1 N–H and O–H groups in total. The van der Waals surface area contributed by atoms with Gasteiger partial charge in [-0.05, 0) is 25.0 Å². The van der Waals surface area contributed by atoms with Crippen LogP contribution in [0.3, 0.4) is 0 Å². The Morgan fingerprint density at radius 2 is 1.82 bits per heavy atom. The van der Waals surface area contributed by atoms with E-state index in [1.165, 1.54) is 18.9 Å². The number of fused-ring (bicyclic) bond motifs is 1. The number of aromatic nitrogens is 1. The van der Waals surface area contributed by atoms with Gasteiger partial charge in [0.15, 0.2) is 0 Å². The minimum atomic E-state index is -1.03. The highest BCUT2D eigenvalue weighted by molar-refractivity contribution is 6.07. The maximum Gasteiger partial charge on any atom is 0.326 e. The SMILES string of the molecule is CC(C)c1cc(C(=O)N(C)C(C)C(=O)O)c2ccccc2n1. The van der Waals surface area contributed by atoms with Gasteiger partial charge in [0.2, 0.25) is 0 Å². The van der Waals surface area contributed by atoms with Gasteiger partial charge in [-0.25, -0.2) is 4.79 Å². The van der Waals surface area contributed by atoms with Crippen molar-refractivity contribution in [3.63, 3.8) is 0 Å². The quantitative estimate of drug-likeness (QED) is 0.942. The smallest absolute Gasteiger partial charge is 0.326 e. The second-order valence-corrected chi connectivity index (χ2v) is 5.70. The van der Waals surface area contributed by atoms with Crippen molar-refractivity contribution in [2.75, 3.05) is 7.05 Å². The molecule has 2 rings (SSSR count). The molecule has 0 aliphatic rings. The molecular formula is C17H20N2O3. The lowest BCUT2D eigenvalue weighted by Crippen LogP contribution is -2.40. The number of carboxylic acid groups (broad SMARTS) is 1. The van der Waals surface area contributed by atoms with E-state index in [2.05, 4.69) is 4.98 Å². The summed E-state index contributed by atoms with van der Waals surface area (Å²) in [5.74, 6) is -1.16. The lowest BCUT2D eigenvalue weighted by molar-refractivity contribution is -0.141. The molecule has 22 heavy (non-hydrogen) atoms. The Balaban J connectivity index is 2.58. The molecule has 1 atom stereocenters. The van der Waals surface area contributed by atoms with E-state index in [1.807, 2.05) is 38.1 Å². The van der Waals surface area contributed by atoms with E-state index < -0.39 is 12.0 Å².